The average molecular weight is 404 g/mol. The second-order valence-corrected chi connectivity index (χ2v) is 7.43. The lowest BCUT2D eigenvalue weighted by Gasteiger charge is -2.33. The van der Waals surface area contributed by atoms with Crippen LogP contribution in [0.2, 0.25) is 0 Å². The first-order valence-corrected chi connectivity index (χ1v) is 9.04. The molecule has 0 amide bonds. The van der Waals surface area contributed by atoms with Gasteiger partial charge in [-0.3, -0.25) is 5.01 Å². The topological polar surface area (TPSA) is 70.4 Å². The molecule has 1 aromatic heterocycles. The van der Waals surface area contributed by atoms with E-state index < -0.39 is 29.2 Å². The first kappa shape index (κ1) is 19.3. The van der Waals surface area contributed by atoms with Crippen molar-refractivity contribution in [2.75, 3.05) is 0 Å². The van der Waals surface area contributed by atoms with Crippen LogP contribution < -0.4 is 5.43 Å². The number of benzene rings is 1. The van der Waals surface area contributed by atoms with Gasteiger partial charge >= 0.3 is 12.1 Å². The SMILES string of the molecule is Cc1cccc2cnn(C3=CC=CN4NC(C(=O)O)(C(C)C)C(C(F)(F)F)=C34)c12. The number of rotatable bonds is 3. The molecule has 1 atom stereocenters. The molecule has 0 fully saturated rings. The first-order chi connectivity index (χ1) is 13.6. The summed E-state index contributed by atoms with van der Waals surface area (Å²) in [6.45, 7) is 4.75. The number of aromatic nitrogens is 2. The zero-order chi connectivity index (χ0) is 21.1. The molecule has 1 unspecified atom stereocenters. The van der Waals surface area contributed by atoms with Crippen LogP contribution in [0.25, 0.3) is 16.6 Å². The third-order valence-electron chi connectivity index (χ3n) is 5.41. The highest BCUT2D eigenvalue weighted by atomic mass is 19.4. The Labute approximate surface area is 164 Å². The van der Waals surface area contributed by atoms with Crippen molar-refractivity contribution in [3.05, 3.63) is 59.6 Å². The van der Waals surface area contributed by atoms with E-state index in [1.807, 2.05) is 25.1 Å². The summed E-state index contributed by atoms with van der Waals surface area (Å²) in [6, 6.07) is 5.51. The van der Waals surface area contributed by atoms with Gasteiger partial charge in [-0.1, -0.05) is 32.0 Å². The van der Waals surface area contributed by atoms with E-state index in [1.54, 1.807) is 12.3 Å². The summed E-state index contributed by atoms with van der Waals surface area (Å²) in [5.74, 6) is -2.46. The number of hydrazine groups is 1. The molecule has 29 heavy (non-hydrogen) atoms. The monoisotopic (exact) mass is 404 g/mol. The minimum Gasteiger partial charge on any atom is -0.480 e. The van der Waals surface area contributed by atoms with Crippen LogP contribution in [-0.4, -0.2) is 37.6 Å². The van der Waals surface area contributed by atoms with Gasteiger partial charge in [0.1, 0.15) is 0 Å². The predicted molar refractivity (Wildman–Crippen MR) is 101 cm³/mol. The van der Waals surface area contributed by atoms with Crippen molar-refractivity contribution >= 4 is 22.6 Å². The number of nitrogens with one attached hydrogen (secondary N) is 1. The van der Waals surface area contributed by atoms with Crippen LogP contribution >= 0.6 is 0 Å². The number of para-hydroxylation sites is 1. The molecule has 0 spiro atoms. The van der Waals surface area contributed by atoms with Gasteiger partial charge in [0.2, 0.25) is 0 Å². The molecule has 0 bridgehead atoms. The minimum absolute atomic E-state index is 0.153. The van der Waals surface area contributed by atoms with Crippen molar-refractivity contribution in [1.29, 1.82) is 0 Å². The Morgan fingerprint density at radius 2 is 2.03 bits per heavy atom. The van der Waals surface area contributed by atoms with Gasteiger partial charge in [0, 0.05) is 11.6 Å². The second-order valence-electron chi connectivity index (χ2n) is 7.43. The summed E-state index contributed by atoms with van der Waals surface area (Å²) in [6.07, 6.45) is 1.16. The molecular formula is C20H19F3N4O2. The maximum Gasteiger partial charge on any atom is 0.417 e. The first-order valence-electron chi connectivity index (χ1n) is 9.04. The molecule has 9 heteroatoms. The Morgan fingerprint density at radius 1 is 1.31 bits per heavy atom. The third-order valence-corrected chi connectivity index (χ3v) is 5.41. The molecule has 2 aliphatic rings. The molecule has 0 saturated carbocycles. The number of hydrogen-bond donors (Lipinski definition) is 2. The van der Waals surface area contributed by atoms with Gasteiger partial charge in [-0.05, 0) is 30.6 Å². The number of aliphatic carboxylic acids is 1. The molecule has 2 aliphatic heterocycles. The van der Waals surface area contributed by atoms with Crippen LogP contribution in [0.3, 0.4) is 0 Å². The van der Waals surface area contributed by atoms with Gasteiger partial charge in [0.05, 0.1) is 28.7 Å². The van der Waals surface area contributed by atoms with E-state index in [0.717, 1.165) is 16.0 Å². The number of alkyl halides is 3. The maximum absolute atomic E-state index is 14.3. The largest absolute Gasteiger partial charge is 0.480 e. The zero-order valence-corrected chi connectivity index (χ0v) is 15.9. The van der Waals surface area contributed by atoms with Crippen molar-refractivity contribution in [2.45, 2.75) is 32.5 Å². The summed E-state index contributed by atoms with van der Waals surface area (Å²) in [7, 11) is 0. The number of hydrogen-bond acceptors (Lipinski definition) is 4. The molecular weight excluding hydrogens is 385 g/mol. The fourth-order valence-electron chi connectivity index (χ4n) is 4.06. The maximum atomic E-state index is 14.3. The van der Waals surface area contributed by atoms with Crippen molar-refractivity contribution in [3.8, 4) is 0 Å². The molecule has 3 heterocycles. The normalized spacial score (nSPS) is 21.9. The lowest BCUT2D eigenvalue weighted by atomic mass is 9.79. The quantitative estimate of drug-likeness (QED) is 0.814. The smallest absolute Gasteiger partial charge is 0.417 e. The van der Waals surface area contributed by atoms with Gasteiger partial charge in [0.25, 0.3) is 0 Å². The van der Waals surface area contributed by atoms with Crippen molar-refractivity contribution in [1.82, 2.24) is 20.2 Å². The highest BCUT2D eigenvalue weighted by Gasteiger charge is 2.62. The number of carbonyl (C=O) groups is 1. The van der Waals surface area contributed by atoms with Crippen LogP contribution in [0, 0.1) is 12.8 Å². The second kappa shape index (κ2) is 6.21. The Kier molecular flexibility index (Phi) is 4.13. The van der Waals surface area contributed by atoms with E-state index in [1.165, 1.54) is 30.8 Å². The minimum atomic E-state index is -4.87. The Morgan fingerprint density at radius 3 is 2.66 bits per heavy atom. The van der Waals surface area contributed by atoms with E-state index >= 15 is 0 Å². The standard InChI is InChI=1S/C20H19F3N4O2/c1-11(2)19(18(28)29)17(20(21,22)23)16-14(8-5-9-26(16)25-19)27-15-12(3)6-4-7-13(15)10-24-27/h4-11,25H,1-3H3,(H,28,29). The fourth-order valence-corrected chi connectivity index (χ4v) is 4.06. The van der Waals surface area contributed by atoms with E-state index in [-0.39, 0.29) is 11.4 Å². The Balaban J connectivity index is 2.06. The molecule has 0 aliphatic carbocycles. The number of carboxylic acid groups (broad SMARTS) is 1. The van der Waals surface area contributed by atoms with Gasteiger partial charge in [-0.15, -0.1) is 0 Å². The van der Waals surface area contributed by atoms with Crippen molar-refractivity contribution in [3.63, 3.8) is 0 Å². The van der Waals surface area contributed by atoms with Crippen LogP contribution in [0.5, 0.6) is 0 Å². The lowest BCUT2D eigenvalue weighted by molar-refractivity contribution is -0.152. The van der Waals surface area contributed by atoms with E-state index in [4.69, 9.17) is 0 Å². The highest BCUT2D eigenvalue weighted by Crippen LogP contribution is 2.48. The number of carboxylic acids is 1. The number of halogens is 3. The van der Waals surface area contributed by atoms with Crippen LogP contribution in [0.15, 0.2) is 54.0 Å². The molecule has 1 aromatic carbocycles. The average Bonchev–Trinajstić information content (AvgIpc) is 3.21. The molecule has 0 radical (unpaired) electrons. The number of fused-ring (bicyclic) bond motifs is 2. The van der Waals surface area contributed by atoms with E-state index in [9.17, 15) is 23.1 Å². The zero-order valence-electron chi connectivity index (χ0n) is 15.9. The summed E-state index contributed by atoms with van der Waals surface area (Å²) < 4.78 is 44.3. The van der Waals surface area contributed by atoms with Crippen LogP contribution in [-0.2, 0) is 4.79 Å². The van der Waals surface area contributed by atoms with Gasteiger partial charge in [-0.2, -0.15) is 18.3 Å². The van der Waals surface area contributed by atoms with Crippen molar-refractivity contribution in [2.24, 2.45) is 5.92 Å². The Bertz CT molecular complexity index is 1110. The lowest BCUT2D eigenvalue weighted by Crippen LogP contribution is -2.59. The number of nitrogens with zero attached hydrogens (tertiary/aromatic N) is 3. The van der Waals surface area contributed by atoms with Gasteiger partial charge in [-0.25, -0.2) is 14.9 Å². The third kappa shape index (κ3) is 2.61. The summed E-state index contributed by atoms with van der Waals surface area (Å²) in [5.41, 5.74) is 0.532. The molecule has 152 valence electrons. The van der Waals surface area contributed by atoms with Gasteiger partial charge < -0.3 is 5.11 Å². The number of aryl methyl sites for hydroxylation is 1. The summed E-state index contributed by atoms with van der Waals surface area (Å²) >= 11 is 0. The summed E-state index contributed by atoms with van der Waals surface area (Å²) in [4.78, 5) is 12.1. The predicted octanol–water partition coefficient (Wildman–Crippen LogP) is 3.83. The highest BCUT2D eigenvalue weighted by molar-refractivity contribution is 5.91. The molecule has 2 aromatic rings. The van der Waals surface area contributed by atoms with Crippen LogP contribution in [0.4, 0.5) is 13.2 Å². The molecule has 0 saturated heterocycles. The molecule has 6 nitrogen and oxygen atoms in total. The Hall–Kier alpha value is -3.07. The number of allylic oxidation sites excluding steroid dienone is 3. The van der Waals surface area contributed by atoms with E-state index in [2.05, 4.69) is 10.5 Å². The van der Waals surface area contributed by atoms with Crippen LogP contribution in [0.1, 0.15) is 19.4 Å². The summed E-state index contributed by atoms with van der Waals surface area (Å²) in [5, 5.41) is 16.1. The fraction of sp³-hybridized carbons (Fsp3) is 0.300. The molecule has 2 N–H and O–H groups in total. The van der Waals surface area contributed by atoms with Crippen molar-refractivity contribution < 1.29 is 23.1 Å². The van der Waals surface area contributed by atoms with E-state index in [0.29, 0.717) is 5.52 Å². The van der Waals surface area contributed by atoms with Gasteiger partial charge in [0.15, 0.2) is 5.54 Å². The molecule has 4 rings (SSSR count).